The summed E-state index contributed by atoms with van der Waals surface area (Å²) >= 11 is 0. The summed E-state index contributed by atoms with van der Waals surface area (Å²) in [7, 11) is 2.07. The summed E-state index contributed by atoms with van der Waals surface area (Å²) in [5.41, 5.74) is 8.48. The molecule has 2 rings (SSSR count). The molecule has 6 heteroatoms. The normalized spacial score (nSPS) is 16.8. The number of rotatable bonds is 8. The third-order valence-corrected chi connectivity index (χ3v) is 4.80. The summed E-state index contributed by atoms with van der Waals surface area (Å²) in [6.45, 7) is 7.51. The lowest BCUT2D eigenvalue weighted by atomic mass is 9.81. The van der Waals surface area contributed by atoms with Crippen LogP contribution in [0.5, 0.6) is 0 Å². The van der Waals surface area contributed by atoms with Crippen molar-refractivity contribution in [1.82, 2.24) is 4.90 Å². The van der Waals surface area contributed by atoms with E-state index >= 15 is 0 Å². The van der Waals surface area contributed by atoms with Crippen molar-refractivity contribution < 1.29 is 14.3 Å². The molecule has 0 bridgehead atoms. The molecule has 0 amide bonds. The van der Waals surface area contributed by atoms with Gasteiger partial charge in [0.25, 0.3) is 0 Å². The van der Waals surface area contributed by atoms with Gasteiger partial charge in [0.1, 0.15) is 17.4 Å². The molecule has 1 aromatic carbocycles. The molecule has 0 saturated carbocycles. The Hall–Kier alpha value is -2.78. The maximum atomic E-state index is 12.7. The first-order chi connectivity index (χ1) is 13.4. The van der Waals surface area contributed by atoms with Crippen molar-refractivity contribution in [2.75, 3.05) is 20.2 Å². The summed E-state index contributed by atoms with van der Waals surface area (Å²) in [6, 6.07) is 9.97. The van der Waals surface area contributed by atoms with Crippen LogP contribution in [0.3, 0.4) is 0 Å². The molecule has 1 aromatic rings. The van der Waals surface area contributed by atoms with E-state index in [9.17, 15) is 10.1 Å². The Kier molecular flexibility index (Phi) is 7.65. The Morgan fingerprint density at radius 2 is 2.07 bits per heavy atom. The number of hydrogen-bond acceptors (Lipinski definition) is 6. The van der Waals surface area contributed by atoms with Crippen LogP contribution >= 0.6 is 0 Å². The highest BCUT2D eigenvalue weighted by atomic mass is 16.5. The molecule has 6 nitrogen and oxygen atoms in total. The second-order valence-electron chi connectivity index (χ2n) is 6.91. The molecule has 0 fully saturated rings. The van der Waals surface area contributed by atoms with Crippen LogP contribution < -0.4 is 5.73 Å². The van der Waals surface area contributed by atoms with E-state index in [1.165, 1.54) is 0 Å². The van der Waals surface area contributed by atoms with Crippen LogP contribution in [0.25, 0.3) is 0 Å². The molecule has 1 heterocycles. The molecule has 150 valence electrons. The quantitative estimate of drug-likeness (QED) is 0.691. The number of unbranched alkanes of at least 4 members (excludes halogenated alkanes) is 1. The minimum absolute atomic E-state index is 0.0344. The van der Waals surface area contributed by atoms with Crippen LogP contribution in [0.2, 0.25) is 0 Å². The number of benzene rings is 1. The molecule has 0 radical (unpaired) electrons. The van der Waals surface area contributed by atoms with Gasteiger partial charge in [-0.1, -0.05) is 37.6 Å². The third kappa shape index (κ3) is 4.73. The monoisotopic (exact) mass is 383 g/mol. The molecule has 1 aliphatic heterocycles. The van der Waals surface area contributed by atoms with E-state index in [1.54, 1.807) is 13.8 Å². The number of carbonyl (C=O) groups excluding carboxylic acids is 1. The van der Waals surface area contributed by atoms with E-state index in [1.807, 2.05) is 24.3 Å². The summed E-state index contributed by atoms with van der Waals surface area (Å²) in [4.78, 5) is 14.9. The second-order valence-corrected chi connectivity index (χ2v) is 6.91. The number of nitrogens with two attached hydrogens (primary N) is 1. The molecule has 28 heavy (non-hydrogen) atoms. The Morgan fingerprint density at radius 3 is 2.71 bits per heavy atom. The van der Waals surface area contributed by atoms with Crippen molar-refractivity contribution in [3.8, 4) is 6.07 Å². The standard InChI is InChI=1S/C22H29N3O3/c1-5-7-12-25(4)14-16-10-8-9-11-17(16)20-18(13-23)21(24)28-15(3)19(20)22(26)27-6-2/h8-11,20H,5-7,12,14,24H2,1-4H3. The lowest BCUT2D eigenvalue weighted by Crippen LogP contribution is -2.27. The van der Waals surface area contributed by atoms with E-state index in [0.717, 1.165) is 30.5 Å². The first-order valence-corrected chi connectivity index (χ1v) is 9.66. The largest absolute Gasteiger partial charge is 0.463 e. The smallest absolute Gasteiger partial charge is 0.338 e. The number of allylic oxidation sites excluding steroid dienone is 2. The third-order valence-electron chi connectivity index (χ3n) is 4.80. The number of nitriles is 1. The van der Waals surface area contributed by atoms with E-state index in [4.69, 9.17) is 15.2 Å². The van der Waals surface area contributed by atoms with Gasteiger partial charge >= 0.3 is 5.97 Å². The van der Waals surface area contributed by atoms with Crippen molar-refractivity contribution in [2.24, 2.45) is 5.73 Å². The van der Waals surface area contributed by atoms with E-state index in [2.05, 4.69) is 24.9 Å². The van der Waals surface area contributed by atoms with Crippen LogP contribution in [0.1, 0.15) is 50.7 Å². The van der Waals surface area contributed by atoms with Gasteiger partial charge in [-0.3, -0.25) is 0 Å². The van der Waals surface area contributed by atoms with Gasteiger partial charge in [-0.05, 0) is 45.0 Å². The second kappa shape index (κ2) is 9.95. The summed E-state index contributed by atoms with van der Waals surface area (Å²) in [5.74, 6) is -0.686. The molecule has 0 aliphatic carbocycles. The van der Waals surface area contributed by atoms with Gasteiger partial charge in [0.05, 0.1) is 18.1 Å². The van der Waals surface area contributed by atoms with Crippen molar-refractivity contribution in [3.63, 3.8) is 0 Å². The van der Waals surface area contributed by atoms with Crippen LogP contribution in [0, 0.1) is 11.3 Å². The average molecular weight is 383 g/mol. The highest BCUT2D eigenvalue weighted by molar-refractivity contribution is 5.92. The number of esters is 1. The lowest BCUT2D eigenvalue weighted by Gasteiger charge is -2.29. The van der Waals surface area contributed by atoms with Crippen molar-refractivity contribution >= 4 is 5.97 Å². The zero-order valence-electron chi connectivity index (χ0n) is 17.1. The highest BCUT2D eigenvalue weighted by Gasteiger charge is 2.37. The molecule has 0 spiro atoms. The van der Waals surface area contributed by atoms with E-state index in [-0.39, 0.29) is 18.1 Å². The zero-order valence-corrected chi connectivity index (χ0v) is 17.1. The summed E-state index contributed by atoms with van der Waals surface area (Å²) < 4.78 is 10.7. The van der Waals surface area contributed by atoms with Gasteiger partial charge in [-0.25, -0.2) is 4.79 Å². The summed E-state index contributed by atoms with van der Waals surface area (Å²) in [6.07, 6.45) is 2.23. The topological polar surface area (TPSA) is 88.6 Å². The maximum Gasteiger partial charge on any atom is 0.338 e. The minimum Gasteiger partial charge on any atom is -0.463 e. The SMILES string of the molecule is CCCCN(C)Cc1ccccc1C1C(C#N)=C(N)OC(C)=C1C(=O)OCC. The number of hydrogen-bond donors (Lipinski definition) is 1. The van der Waals surface area contributed by atoms with E-state index in [0.29, 0.717) is 17.9 Å². The Morgan fingerprint density at radius 1 is 1.36 bits per heavy atom. The van der Waals surface area contributed by atoms with Crippen LogP contribution in [0.15, 0.2) is 47.1 Å². The first kappa shape index (κ1) is 21.5. The van der Waals surface area contributed by atoms with Gasteiger partial charge < -0.3 is 20.1 Å². The molecule has 1 aliphatic rings. The molecule has 0 aromatic heterocycles. The molecule has 0 saturated heterocycles. The Balaban J connectivity index is 2.53. The van der Waals surface area contributed by atoms with Crippen LogP contribution in [-0.2, 0) is 20.8 Å². The van der Waals surface area contributed by atoms with Crippen molar-refractivity contribution in [2.45, 2.75) is 46.1 Å². The predicted octanol–water partition coefficient (Wildman–Crippen LogP) is 3.56. The fourth-order valence-corrected chi connectivity index (χ4v) is 3.42. The van der Waals surface area contributed by atoms with E-state index < -0.39 is 11.9 Å². The molecule has 2 N–H and O–H groups in total. The van der Waals surface area contributed by atoms with Gasteiger partial charge in [0, 0.05) is 6.54 Å². The fraction of sp³-hybridized carbons (Fsp3) is 0.455. The van der Waals surface area contributed by atoms with Gasteiger partial charge in [0.15, 0.2) is 0 Å². The van der Waals surface area contributed by atoms with Gasteiger partial charge in [-0.2, -0.15) is 5.26 Å². The van der Waals surface area contributed by atoms with Gasteiger partial charge in [0.2, 0.25) is 5.88 Å². The first-order valence-electron chi connectivity index (χ1n) is 9.66. The average Bonchev–Trinajstić information content (AvgIpc) is 2.66. The number of ether oxygens (including phenoxy) is 2. The highest BCUT2D eigenvalue weighted by Crippen LogP contribution is 2.41. The Labute approximate surface area is 167 Å². The van der Waals surface area contributed by atoms with Gasteiger partial charge in [-0.15, -0.1) is 0 Å². The van der Waals surface area contributed by atoms with Crippen LogP contribution in [0.4, 0.5) is 0 Å². The zero-order chi connectivity index (χ0) is 20.7. The van der Waals surface area contributed by atoms with Crippen molar-refractivity contribution in [3.05, 3.63) is 58.2 Å². The predicted molar refractivity (Wildman–Crippen MR) is 108 cm³/mol. The maximum absolute atomic E-state index is 12.7. The number of carbonyl (C=O) groups is 1. The van der Waals surface area contributed by atoms with Crippen molar-refractivity contribution in [1.29, 1.82) is 5.26 Å². The number of nitrogens with zero attached hydrogens (tertiary/aromatic N) is 2. The fourth-order valence-electron chi connectivity index (χ4n) is 3.42. The molecular formula is C22H29N3O3. The summed E-state index contributed by atoms with van der Waals surface area (Å²) in [5, 5.41) is 9.74. The minimum atomic E-state index is -0.603. The molecule has 1 unspecified atom stereocenters. The molecule has 1 atom stereocenters. The Bertz CT molecular complexity index is 821. The van der Waals surface area contributed by atoms with Crippen LogP contribution in [-0.4, -0.2) is 31.1 Å². The lowest BCUT2D eigenvalue weighted by molar-refractivity contribution is -0.139. The molecular weight excluding hydrogens is 354 g/mol.